The Morgan fingerprint density at radius 2 is 1.78 bits per heavy atom. The third-order valence-corrected chi connectivity index (χ3v) is 2.95. The molecule has 3 heteroatoms. The van der Waals surface area contributed by atoms with Gasteiger partial charge in [-0.2, -0.15) is 0 Å². The SMILES string of the molecule is CCc1ccc(CCC(=O)NC(C)(C)CO)cc1. The van der Waals surface area contributed by atoms with E-state index < -0.39 is 5.54 Å². The van der Waals surface area contributed by atoms with E-state index in [0.29, 0.717) is 6.42 Å². The molecule has 1 aromatic carbocycles. The maximum absolute atomic E-state index is 11.7. The van der Waals surface area contributed by atoms with Crippen LogP contribution in [0, 0.1) is 0 Å². The second-order valence-electron chi connectivity index (χ2n) is 5.26. The quantitative estimate of drug-likeness (QED) is 0.811. The number of aryl methyl sites for hydroxylation is 2. The van der Waals surface area contributed by atoms with Crippen LogP contribution in [0.4, 0.5) is 0 Å². The largest absolute Gasteiger partial charge is 0.394 e. The number of aliphatic hydroxyl groups excluding tert-OH is 1. The monoisotopic (exact) mass is 249 g/mol. The molecule has 0 aromatic heterocycles. The van der Waals surface area contributed by atoms with Crippen LogP contribution < -0.4 is 5.32 Å². The van der Waals surface area contributed by atoms with Crippen molar-refractivity contribution in [3.63, 3.8) is 0 Å². The summed E-state index contributed by atoms with van der Waals surface area (Å²) < 4.78 is 0. The summed E-state index contributed by atoms with van der Waals surface area (Å²) in [5, 5.41) is 11.9. The molecule has 1 rings (SSSR count). The Morgan fingerprint density at radius 3 is 2.28 bits per heavy atom. The van der Waals surface area contributed by atoms with Gasteiger partial charge in [0.2, 0.25) is 5.91 Å². The van der Waals surface area contributed by atoms with Gasteiger partial charge in [0.25, 0.3) is 0 Å². The van der Waals surface area contributed by atoms with Crippen LogP contribution in [-0.2, 0) is 17.6 Å². The minimum atomic E-state index is -0.539. The van der Waals surface area contributed by atoms with Gasteiger partial charge in [-0.15, -0.1) is 0 Å². The van der Waals surface area contributed by atoms with Crippen LogP contribution in [0.5, 0.6) is 0 Å². The molecule has 3 nitrogen and oxygen atoms in total. The van der Waals surface area contributed by atoms with E-state index in [9.17, 15) is 4.79 Å². The van der Waals surface area contributed by atoms with Gasteiger partial charge in [-0.1, -0.05) is 31.2 Å². The van der Waals surface area contributed by atoms with Crippen LogP contribution in [0.25, 0.3) is 0 Å². The summed E-state index contributed by atoms with van der Waals surface area (Å²) >= 11 is 0. The number of carbonyl (C=O) groups excluding carboxylic acids is 1. The van der Waals surface area contributed by atoms with Crippen LogP contribution in [0.1, 0.15) is 38.3 Å². The second kappa shape index (κ2) is 6.55. The highest BCUT2D eigenvalue weighted by molar-refractivity contribution is 5.77. The normalized spacial score (nSPS) is 11.3. The Kier molecular flexibility index (Phi) is 5.35. The highest BCUT2D eigenvalue weighted by atomic mass is 16.3. The Morgan fingerprint density at radius 1 is 1.22 bits per heavy atom. The van der Waals surface area contributed by atoms with E-state index in [1.807, 2.05) is 0 Å². The molecule has 0 spiro atoms. The van der Waals surface area contributed by atoms with E-state index in [1.54, 1.807) is 13.8 Å². The van der Waals surface area contributed by atoms with Crippen molar-refractivity contribution in [2.45, 2.75) is 45.6 Å². The van der Waals surface area contributed by atoms with Crippen LogP contribution in [0.15, 0.2) is 24.3 Å². The molecule has 0 aliphatic heterocycles. The molecule has 0 radical (unpaired) electrons. The second-order valence-corrected chi connectivity index (χ2v) is 5.26. The fourth-order valence-electron chi connectivity index (χ4n) is 1.68. The molecule has 0 bridgehead atoms. The van der Waals surface area contributed by atoms with Crippen LogP contribution in [-0.4, -0.2) is 23.2 Å². The molecule has 0 saturated heterocycles. The van der Waals surface area contributed by atoms with Crippen molar-refractivity contribution in [2.75, 3.05) is 6.61 Å². The first-order valence-electron chi connectivity index (χ1n) is 6.46. The molecule has 100 valence electrons. The summed E-state index contributed by atoms with van der Waals surface area (Å²) in [6.45, 7) is 5.69. The number of hydrogen-bond acceptors (Lipinski definition) is 2. The average Bonchev–Trinajstić information content (AvgIpc) is 2.36. The molecule has 18 heavy (non-hydrogen) atoms. The first kappa shape index (κ1) is 14.7. The number of amides is 1. The smallest absolute Gasteiger partial charge is 0.220 e. The molecular weight excluding hydrogens is 226 g/mol. The Bertz CT molecular complexity index is 382. The van der Waals surface area contributed by atoms with Gasteiger partial charge < -0.3 is 10.4 Å². The van der Waals surface area contributed by atoms with E-state index >= 15 is 0 Å². The molecule has 0 fully saturated rings. The van der Waals surface area contributed by atoms with Crippen molar-refractivity contribution in [1.29, 1.82) is 0 Å². The third kappa shape index (κ3) is 4.88. The van der Waals surface area contributed by atoms with Crippen molar-refractivity contribution in [1.82, 2.24) is 5.32 Å². The lowest BCUT2D eigenvalue weighted by molar-refractivity contribution is -0.123. The van der Waals surface area contributed by atoms with Crippen molar-refractivity contribution >= 4 is 5.91 Å². The van der Waals surface area contributed by atoms with E-state index in [4.69, 9.17) is 5.11 Å². The van der Waals surface area contributed by atoms with Crippen molar-refractivity contribution in [3.05, 3.63) is 35.4 Å². The van der Waals surface area contributed by atoms with Gasteiger partial charge in [0.05, 0.1) is 12.1 Å². The molecule has 0 atom stereocenters. The number of carbonyl (C=O) groups is 1. The van der Waals surface area contributed by atoms with Gasteiger partial charge in [0, 0.05) is 6.42 Å². The van der Waals surface area contributed by atoms with Crippen molar-refractivity contribution in [3.8, 4) is 0 Å². The molecule has 1 aromatic rings. The molecule has 0 saturated carbocycles. The first-order chi connectivity index (χ1) is 8.46. The molecule has 0 aliphatic carbocycles. The maximum atomic E-state index is 11.7. The maximum Gasteiger partial charge on any atom is 0.220 e. The fraction of sp³-hybridized carbons (Fsp3) is 0.533. The Hall–Kier alpha value is -1.35. The van der Waals surface area contributed by atoms with Crippen molar-refractivity contribution < 1.29 is 9.90 Å². The number of hydrogen-bond donors (Lipinski definition) is 2. The molecule has 1 amide bonds. The van der Waals surface area contributed by atoms with Gasteiger partial charge in [-0.05, 0) is 37.8 Å². The predicted molar refractivity (Wildman–Crippen MR) is 73.4 cm³/mol. The summed E-state index contributed by atoms with van der Waals surface area (Å²) in [4.78, 5) is 11.7. The van der Waals surface area contributed by atoms with E-state index in [-0.39, 0.29) is 12.5 Å². The standard InChI is InChI=1S/C15H23NO2/c1-4-12-5-7-13(8-6-12)9-10-14(18)16-15(2,3)11-17/h5-8,17H,4,9-11H2,1-3H3,(H,16,18). The topological polar surface area (TPSA) is 49.3 Å². The predicted octanol–water partition coefficient (Wildman–Crippen LogP) is 2.07. The van der Waals surface area contributed by atoms with E-state index in [0.717, 1.165) is 12.8 Å². The van der Waals surface area contributed by atoms with Crippen LogP contribution >= 0.6 is 0 Å². The fourth-order valence-corrected chi connectivity index (χ4v) is 1.68. The zero-order valence-electron chi connectivity index (χ0n) is 11.5. The zero-order chi connectivity index (χ0) is 13.6. The number of nitrogens with one attached hydrogen (secondary N) is 1. The highest BCUT2D eigenvalue weighted by Gasteiger charge is 2.18. The average molecular weight is 249 g/mol. The van der Waals surface area contributed by atoms with Gasteiger partial charge in [-0.25, -0.2) is 0 Å². The summed E-state index contributed by atoms with van der Waals surface area (Å²) in [7, 11) is 0. The van der Waals surface area contributed by atoms with E-state index in [2.05, 4.69) is 36.5 Å². The Balaban J connectivity index is 2.42. The minimum absolute atomic E-state index is 0.0198. The summed E-state index contributed by atoms with van der Waals surface area (Å²) in [6.07, 6.45) is 2.22. The van der Waals surface area contributed by atoms with Gasteiger partial charge >= 0.3 is 0 Å². The number of benzene rings is 1. The lowest BCUT2D eigenvalue weighted by atomic mass is 10.0. The summed E-state index contributed by atoms with van der Waals surface area (Å²) in [5.74, 6) is -0.0198. The van der Waals surface area contributed by atoms with Crippen molar-refractivity contribution in [2.24, 2.45) is 0 Å². The third-order valence-electron chi connectivity index (χ3n) is 2.95. The zero-order valence-corrected chi connectivity index (χ0v) is 11.5. The molecular formula is C15H23NO2. The van der Waals surface area contributed by atoms with Gasteiger partial charge in [0.1, 0.15) is 0 Å². The Labute approximate surface area is 109 Å². The van der Waals surface area contributed by atoms with Gasteiger partial charge in [0.15, 0.2) is 0 Å². The summed E-state index contributed by atoms with van der Waals surface area (Å²) in [5.41, 5.74) is 1.94. The number of rotatable bonds is 6. The molecule has 0 aliphatic rings. The minimum Gasteiger partial charge on any atom is -0.394 e. The summed E-state index contributed by atoms with van der Waals surface area (Å²) in [6, 6.07) is 8.35. The lowest BCUT2D eigenvalue weighted by Gasteiger charge is -2.23. The van der Waals surface area contributed by atoms with Gasteiger partial charge in [-0.3, -0.25) is 4.79 Å². The van der Waals surface area contributed by atoms with E-state index in [1.165, 1.54) is 11.1 Å². The molecule has 2 N–H and O–H groups in total. The lowest BCUT2D eigenvalue weighted by Crippen LogP contribution is -2.46. The van der Waals surface area contributed by atoms with Crippen LogP contribution in [0.2, 0.25) is 0 Å². The van der Waals surface area contributed by atoms with Crippen LogP contribution in [0.3, 0.4) is 0 Å². The number of aliphatic hydroxyl groups is 1. The first-order valence-corrected chi connectivity index (χ1v) is 6.46. The highest BCUT2D eigenvalue weighted by Crippen LogP contribution is 2.08. The molecule has 0 unspecified atom stereocenters. The molecule has 0 heterocycles.